The van der Waals surface area contributed by atoms with Gasteiger partial charge in [-0.25, -0.2) is 10.0 Å². The molecule has 0 saturated carbocycles. The fourth-order valence-electron chi connectivity index (χ4n) is 4.81. The normalized spacial score (nSPS) is 18.9. The molecule has 2 aromatic rings. The van der Waals surface area contributed by atoms with Crippen LogP contribution in [0.25, 0.3) is 10.8 Å². The summed E-state index contributed by atoms with van der Waals surface area (Å²) in [6.45, 7) is 17.2. The number of imide groups is 1. The Labute approximate surface area is 193 Å². The molecule has 1 fully saturated rings. The molecule has 2 atom stereocenters. The van der Waals surface area contributed by atoms with E-state index in [1.807, 2.05) is 23.2 Å². The maximum absolute atomic E-state index is 13.8. The van der Waals surface area contributed by atoms with E-state index in [9.17, 15) is 9.59 Å². The Hall–Kier alpha value is -2.46. The molecule has 0 aliphatic carbocycles. The largest absolute Gasteiger partial charge is 0.273 e. The zero-order valence-electron chi connectivity index (χ0n) is 20.5. The third kappa shape index (κ3) is 5.29. The minimum Gasteiger partial charge on any atom is -0.273 e. The first-order valence-corrected chi connectivity index (χ1v) is 11.6. The monoisotopic (exact) mass is 434 g/mol. The van der Waals surface area contributed by atoms with E-state index in [0.717, 1.165) is 16.3 Å². The second kappa shape index (κ2) is 9.19. The van der Waals surface area contributed by atoms with Crippen LogP contribution in [0.2, 0.25) is 0 Å². The van der Waals surface area contributed by atoms with E-state index < -0.39 is 0 Å². The smallest absolute Gasteiger partial charge is 0.247 e. The quantitative estimate of drug-likeness (QED) is 0.497. The van der Waals surface area contributed by atoms with Crippen LogP contribution in [0.3, 0.4) is 0 Å². The van der Waals surface area contributed by atoms with Gasteiger partial charge >= 0.3 is 0 Å². The molecular formula is C28H38N2O2. The van der Waals surface area contributed by atoms with Crippen molar-refractivity contribution >= 4 is 22.6 Å². The topological polar surface area (TPSA) is 40.6 Å². The first kappa shape index (κ1) is 24.2. The minimum absolute atomic E-state index is 0.0179. The Morgan fingerprint density at radius 2 is 1.75 bits per heavy atom. The Balaban J connectivity index is 2.02. The lowest BCUT2D eigenvalue weighted by Crippen LogP contribution is -2.51. The maximum Gasteiger partial charge on any atom is 0.247 e. The molecule has 172 valence electrons. The van der Waals surface area contributed by atoms with E-state index in [2.05, 4.69) is 72.4 Å². The van der Waals surface area contributed by atoms with Crippen LogP contribution in [0, 0.1) is 16.7 Å². The van der Waals surface area contributed by atoms with Gasteiger partial charge in [0.1, 0.15) is 0 Å². The third-order valence-electron chi connectivity index (χ3n) is 6.30. The average Bonchev–Trinajstić information content (AvgIpc) is 3.03. The molecule has 1 heterocycles. The lowest BCUT2D eigenvalue weighted by molar-refractivity contribution is -0.164. The summed E-state index contributed by atoms with van der Waals surface area (Å²) >= 11 is 0. The molecule has 32 heavy (non-hydrogen) atoms. The van der Waals surface area contributed by atoms with Crippen molar-refractivity contribution in [3.63, 3.8) is 0 Å². The Bertz CT molecular complexity index is 991. The fourth-order valence-corrected chi connectivity index (χ4v) is 4.81. The fraction of sp³-hybridized carbons (Fsp3) is 0.500. The standard InChI is InChI=1S/C28H38N2O2/c1-8-12-21(18-27(2,3)4)26(32)30-25(31)17-24(28(5,6)7)29(30)19-22-15-11-14-20-13-9-10-16-23(20)22/h8-11,13-16,21,24H,1,12,17-19H2,2-7H3. The van der Waals surface area contributed by atoms with Crippen molar-refractivity contribution in [3.05, 3.63) is 60.7 Å². The van der Waals surface area contributed by atoms with Crippen LogP contribution < -0.4 is 0 Å². The molecule has 3 rings (SSSR count). The summed E-state index contributed by atoms with van der Waals surface area (Å²) < 4.78 is 0. The highest BCUT2D eigenvalue weighted by Gasteiger charge is 2.47. The second-order valence-corrected chi connectivity index (χ2v) is 11.4. The van der Waals surface area contributed by atoms with Crippen LogP contribution in [0.15, 0.2) is 55.1 Å². The van der Waals surface area contributed by atoms with Crippen LogP contribution in [-0.4, -0.2) is 27.9 Å². The number of rotatable bonds is 6. The van der Waals surface area contributed by atoms with Crippen LogP contribution in [0.4, 0.5) is 0 Å². The zero-order valence-corrected chi connectivity index (χ0v) is 20.5. The van der Waals surface area contributed by atoms with Crippen molar-refractivity contribution < 1.29 is 9.59 Å². The first-order chi connectivity index (χ1) is 14.9. The molecule has 0 spiro atoms. The first-order valence-electron chi connectivity index (χ1n) is 11.6. The van der Waals surface area contributed by atoms with Crippen molar-refractivity contribution in [3.8, 4) is 0 Å². The average molecular weight is 435 g/mol. The highest BCUT2D eigenvalue weighted by atomic mass is 16.2. The zero-order chi connectivity index (χ0) is 23.7. The molecule has 0 radical (unpaired) electrons. The van der Waals surface area contributed by atoms with Gasteiger partial charge in [0.05, 0.1) is 0 Å². The molecule has 2 unspecified atom stereocenters. The predicted octanol–water partition coefficient (Wildman–Crippen LogP) is 6.36. The van der Waals surface area contributed by atoms with Crippen LogP contribution in [0.1, 0.15) is 66.4 Å². The van der Waals surface area contributed by atoms with Crippen molar-refractivity contribution in [2.24, 2.45) is 16.7 Å². The summed E-state index contributed by atoms with van der Waals surface area (Å²) in [4.78, 5) is 27.0. The van der Waals surface area contributed by atoms with E-state index in [0.29, 0.717) is 25.8 Å². The lowest BCUT2D eigenvalue weighted by Gasteiger charge is -2.39. The summed E-state index contributed by atoms with van der Waals surface area (Å²) in [5.41, 5.74) is 0.962. The predicted molar refractivity (Wildman–Crippen MR) is 132 cm³/mol. The van der Waals surface area contributed by atoms with Gasteiger partial charge in [-0.3, -0.25) is 9.59 Å². The molecule has 4 nitrogen and oxygen atoms in total. The summed E-state index contributed by atoms with van der Waals surface area (Å²) in [6, 6.07) is 14.5. The van der Waals surface area contributed by atoms with Gasteiger partial charge in [-0.1, -0.05) is 90.1 Å². The molecular weight excluding hydrogens is 396 g/mol. The van der Waals surface area contributed by atoms with E-state index in [4.69, 9.17) is 0 Å². The molecule has 0 bridgehead atoms. The number of nitrogens with zero attached hydrogens (tertiary/aromatic N) is 2. The lowest BCUT2D eigenvalue weighted by atomic mass is 9.82. The number of hydrogen-bond donors (Lipinski definition) is 0. The van der Waals surface area contributed by atoms with E-state index in [-0.39, 0.29) is 34.6 Å². The van der Waals surface area contributed by atoms with Crippen LogP contribution >= 0.6 is 0 Å². The molecule has 1 aliphatic rings. The minimum atomic E-state index is -0.259. The van der Waals surface area contributed by atoms with Gasteiger partial charge in [0.15, 0.2) is 0 Å². The molecule has 1 aliphatic heterocycles. The third-order valence-corrected chi connectivity index (χ3v) is 6.30. The van der Waals surface area contributed by atoms with Gasteiger partial charge in [-0.15, -0.1) is 6.58 Å². The highest BCUT2D eigenvalue weighted by molar-refractivity contribution is 5.97. The Kier molecular flexibility index (Phi) is 6.94. The number of carbonyl (C=O) groups is 2. The van der Waals surface area contributed by atoms with E-state index >= 15 is 0 Å². The van der Waals surface area contributed by atoms with Crippen molar-refractivity contribution in [1.82, 2.24) is 10.0 Å². The number of amides is 2. The Morgan fingerprint density at radius 3 is 2.38 bits per heavy atom. The number of carbonyl (C=O) groups excluding carboxylic acids is 2. The SMILES string of the molecule is C=CCC(CC(C)(C)C)C(=O)N1C(=O)CC(C(C)(C)C)N1Cc1cccc2ccccc12. The number of benzene rings is 2. The summed E-state index contributed by atoms with van der Waals surface area (Å²) in [6.07, 6.45) is 3.44. The van der Waals surface area contributed by atoms with Crippen LogP contribution in [0.5, 0.6) is 0 Å². The molecule has 2 aromatic carbocycles. The number of fused-ring (bicyclic) bond motifs is 1. The van der Waals surface area contributed by atoms with Gasteiger partial charge in [0.25, 0.3) is 0 Å². The van der Waals surface area contributed by atoms with Crippen molar-refractivity contribution in [1.29, 1.82) is 0 Å². The van der Waals surface area contributed by atoms with Gasteiger partial charge < -0.3 is 0 Å². The van der Waals surface area contributed by atoms with Crippen molar-refractivity contribution in [2.45, 2.75) is 73.4 Å². The molecule has 4 heteroatoms. The number of hydrogen-bond acceptors (Lipinski definition) is 3. The van der Waals surface area contributed by atoms with Gasteiger partial charge in [0.2, 0.25) is 11.8 Å². The van der Waals surface area contributed by atoms with E-state index in [1.165, 1.54) is 5.01 Å². The summed E-state index contributed by atoms with van der Waals surface area (Å²) in [5.74, 6) is -0.458. The van der Waals surface area contributed by atoms with Crippen LogP contribution in [-0.2, 0) is 16.1 Å². The summed E-state index contributed by atoms with van der Waals surface area (Å²) in [7, 11) is 0. The molecule has 0 aromatic heterocycles. The molecule has 1 saturated heterocycles. The van der Waals surface area contributed by atoms with Gasteiger partial charge in [0, 0.05) is 24.9 Å². The van der Waals surface area contributed by atoms with Gasteiger partial charge in [-0.2, -0.15) is 0 Å². The van der Waals surface area contributed by atoms with Gasteiger partial charge in [-0.05, 0) is 40.0 Å². The van der Waals surface area contributed by atoms with Crippen molar-refractivity contribution in [2.75, 3.05) is 0 Å². The summed E-state index contributed by atoms with van der Waals surface area (Å²) in [5, 5.41) is 5.83. The van der Waals surface area contributed by atoms with E-state index in [1.54, 1.807) is 6.08 Å². The molecule has 2 amide bonds. The number of hydrazine groups is 1. The Morgan fingerprint density at radius 1 is 1.09 bits per heavy atom. The maximum atomic E-state index is 13.8. The highest BCUT2D eigenvalue weighted by Crippen LogP contribution is 2.38. The second-order valence-electron chi connectivity index (χ2n) is 11.4. The molecule has 0 N–H and O–H groups in total. The number of allylic oxidation sites excluding steroid dienone is 1.